The van der Waals surface area contributed by atoms with Gasteiger partial charge < -0.3 is 19.9 Å². The van der Waals surface area contributed by atoms with Gasteiger partial charge >= 0.3 is 6.09 Å². The van der Waals surface area contributed by atoms with Gasteiger partial charge in [0.1, 0.15) is 5.60 Å². The number of likely N-dealkylation sites (N-methyl/N-ethyl adjacent to an activating group) is 1. The van der Waals surface area contributed by atoms with Crippen molar-refractivity contribution in [2.45, 2.75) is 56.2 Å². The molecule has 1 spiro atoms. The van der Waals surface area contributed by atoms with Crippen molar-refractivity contribution in [3.05, 3.63) is 0 Å². The third-order valence-electron chi connectivity index (χ3n) is 6.48. The number of ether oxygens (including phenoxy) is 1. The first-order valence-electron chi connectivity index (χ1n) is 9.77. The highest BCUT2D eigenvalue weighted by Gasteiger charge is 2.47. The molecule has 140 valence electrons. The van der Waals surface area contributed by atoms with E-state index in [1.807, 2.05) is 4.90 Å². The molecule has 4 aliphatic rings. The van der Waals surface area contributed by atoms with E-state index >= 15 is 0 Å². The lowest BCUT2D eigenvalue weighted by molar-refractivity contribution is -0.140. The molecule has 4 saturated heterocycles. The Morgan fingerprint density at radius 1 is 1.16 bits per heavy atom. The first kappa shape index (κ1) is 17.1. The fourth-order valence-electron chi connectivity index (χ4n) is 5.03. The molecule has 0 bridgehead atoms. The molecular formula is C18H30N4O3. The van der Waals surface area contributed by atoms with Crippen LogP contribution in [0.15, 0.2) is 0 Å². The second kappa shape index (κ2) is 6.76. The summed E-state index contributed by atoms with van der Waals surface area (Å²) in [6.07, 6.45) is 5.70. The SMILES string of the molecule is CN1CC2(CCN(C(=O)[C@@H]3CCCN3C3CCNCC3)CC2)OC1=O. The van der Waals surface area contributed by atoms with Gasteiger partial charge in [-0.2, -0.15) is 0 Å². The van der Waals surface area contributed by atoms with Gasteiger partial charge in [0, 0.05) is 39.0 Å². The van der Waals surface area contributed by atoms with Crippen LogP contribution in [0.5, 0.6) is 0 Å². The molecule has 0 aromatic rings. The Kier molecular flexibility index (Phi) is 4.62. The summed E-state index contributed by atoms with van der Waals surface area (Å²) in [6, 6.07) is 0.615. The van der Waals surface area contributed by atoms with Gasteiger partial charge in [0.05, 0.1) is 12.6 Å². The van der Waals surface area contributed by atoms with Gasteiger partial charge in [-0.05, 0) is 45.3 Å². The third-order valence-corrected chi connectivity index (χ3v) is 6.48. The van der Waals surface area contributed by atoms with E-state index < -0.39 is 0 Å². The van der Waals surface area contributed by atoms with Gasteiger partial charge in [-0.1, -0.05) is 0 Å². The molecule has 7 heteroatoms. The number of rotatable bonds is 2. The monoisotopic (exact) mass is 350 g/mol. The molecule has 0 aromatic heterocycles. The number of hydrogen-bond donors (Lipinski definition) is 1. The average molecular weight is 350 g/mol. The molecule has 4 rings (SSSR count). The van der Waals surface area contributed by atoms with E-state index in [4.69, 9.17) is 4.74 Å². The average Bonchev–Trinajstić information content (AvgIpc) is 3.21. The molecule has 1 N–H and O–H groups in total. The fourth-order valence-corrected chi connectivity index (χ4v) is 5.03. The Morgan fingerprint density at radius 2 is 1.88 bits per heavy atom. The van der Waals surface area contributed by atoms with E-state index in [2.05, 4.69) is 10.2 Å². The van der Waals surface area contributed by atoms with Crippen LogP contribution in [0.2, 0.25) is 0 Å². The maximum absolute atomic E-state index is 13.1. The highest BCUT2D eigenvalue weighted by molar-refractivity contribution is 5.82. The van der Waals surface area contributed by atoms with Crippen LogP contribution in [0.3, 0.4) is 0 Å². The fraction of sp³-hybridized carbons (Fsp3) is 0.889. The molecule has 4 heterocycles. The van der Waals surface area contributed by atoms with E-state index in [1.165, 1.54) is 0 Å². The van der Waals surface area contributed by atoms with E-state index in [0.29, 0.717) is 31.6 Å². The van der Waals surface area contributed by atoms with E-state index in [1.54, 1.807) is 11.9 Å². The number of likely N-dealkylation sites (tertiary alicyclic amines) is 2. The van der Waals surface area contributed by atoms with Gasteiger partial charge in [-0.25, -0.2) is 4.79 Å². The van der Waals surface area contributed by atoms with Crippen molar-refractivity contribution in [2.75, 3.05) is 46.3 Å². The zero-order chi connectivity index (χ0) is 17.4. The van der Waals surface area contributed by atoms with Crippen molar-refractivity contribution in [1.82, 2.24) is 20.0 Å². The van der Waals surface area contributed by atoms with Gasteiger partial charge in [0.25, 0.3) is 0 Å². The quantitative estimate of drug-likeness (QED) is 0.792. The molecule has 25 heavy (non-hydrogen) atoms. The van der Waals surface area contributed by atoms with Crippen LogP contribution in [-0.2, 0) is 9.53 Å². The predicted octanol–water partition coefficient (Wildman–Crippen LogP) is 0.646. The Bertz CT molecular complexity index is 526. The lowest BCUT2D eigenvalue weighted by atomic mass is 9.91. The zero-order valence-corrected chi connectivity index (χ0v) is 15.2. The van der Waals surface area contributed by atoms with Crippen molar-refractivity contribution in [1.29, 1.82) is 0 Å². The van der Waals surface area contributed by atoms with Crippen LogP contribution in [0.4, 0.5) is 4.79 Å². The van der Waals surface area contributed by atoms with Gasteiger partial charge in [-0.3, -0.25) is 9.69 Å². The van der Waals surface area contributed by atoms with Crippen LogP contribution in [0.1, 0.15) is 38.5 Å². The first-order valence-corrected chi connectivity index (χ1v) is 9.77. The number of carbonyl (C=O) groups excluding carboxylic acids is 2. The predicted molar refractivity (Wildman–Crippen MR) is 93.3 cm³/mol. The summed E-state index contributed by atoms with van der Waals surface area (Å²) in [5.41, 5.74) is -0.368. The lowest BCUT2D eigenvalue weighted by Crippen LogP contribution is -2.55. The minimum atomic E-state index is -0.368. The highest BCUT2D eigenvalue weighted by Crippen LogP contribution is 2.34. The molecule has 4 aliphatic heterocycles. The summed E-state index contributed by atoms with van der Waals surface area (Å²) in [5.74, 6) is 0.295. The smallest absolute Gasteiger partial charge is 0.410 e. The summed E-state index contributed by atoms with van der Waals surface area (Å²) in [6.45, 7) is 5.24. The van der Waals surface area contributed by atoms with Crippen LogP contribution in [0, 0.1) is 0 Å². The van der Waals surface area contributed by atoms with E-state index in [9.17, 15) is 9.59 Å². The highest BCUT2D eigenvalue weighted by atomic mass is 16.6. The van der Waals surface area contributed by atoms with Crippen LogP contribution in [0.25, 0.3) is 0 Å². The summed E-state index contributed by atoms with van der Waals surface area (Å²) in [4.78, 5) is 31.0. The topological polar surface area (TPSA) is 65.1 Å². The number of piperidine rings is 2. The molecular weight excluding hydrogens is 320 g/mol. The number of amides is 2. The first-order chi connectivity index (χ1) is 12.1. The molecule has 4 fully saturated rings. The summed E-state index contributed by atoms with van der Waals surface area (Å²) >= 11 is 0. The minimum Gasteiger partial charge on any atom is -0.441 e. The largest absolute Gasteiger partial charge is 0.441 e. The number of nitrogens with one attached hydrogen (secondary N) is 1. The van der Waals surface area contributed by atoms with Crippen LogP contribution >= 0.6 is 0 Å². The Morgan fingerprint density at radius 3 is 2.52 bits per heavy atom. The third kappa shape index (κ3) is 3.24. The Labute approximate surface area is 149 Å². The maximum atomic E-state index is 13.1. The minimum absolute atomic E-state index is 0.0611. The molecule has 1 atom stereocenters. The van der Waals surface area contributed by atoms with E-state index in [0.717, 1.165) is 58.2 Å². The summed E-state index contributed by atoms with van der Waals surface area (Å²) < 4.78 is 5.60. The molecule has 0 radical (unpaired) electrons. The zero-order valence-electron chi connectivity index (χ0n) is 15.2. The van der Waals surface area contributed by atoms with Crippen molar-refractivity contribution in [3.8, 4) is 0 Å². The number of nitrogens with zero attached hydrogens (tertiary/aromatic N) is 3. The molecule has 0 aromatic carbocycles. The Balaban J connectivity index is 1.36. The Hall–Kier alpha value is -1.34. The molecule has 0 saturated carbocycles. The molecule has 2 amide bonds. The summed E-state index contributed by atoms with van der Waals surface area (Å²) in [5, 5.41) is 3.41. The number of hydrogen-bond acceptors (Lipinski definition) is 5. The van der Waals surface area contributed by atoms with Crippen molar-refractivity contribution >= 4 is 12.0 Å². The number of carbonyl (C=O) groups is 2. The van der Waals surface area contributed by atoms with Gasteiger partial charge in [0.2, 0.25) is 5.91 Å². The normalized spacial score (nSPS) is 30.9. The molecule has 7 nitrogen and oxygen atoms in total. The van der Waals surface area contributed by atoms with Crippen LogP contribution in [-0.4, -0.2) is 90.7 Å². The van der Waals surface area contributed by atoms with Crippen molar-refractivity contribution < 1.29 is 14.3 Å². The van der Waals surface area contributed by atoms with E-state index in [-0.39, 0.29) is 17.7 Å². The molecule has 0 unspecified atom stereocenters. The van der Waals surface area contributed by atoms with Crippen molar-refractivity contribution in [2.24, 2.45) is 0 Å². The lowest BCUT2D eigenvalue weighted by Gasteiger charge is -2.41. The van der Waals surface area contributed by atoms with Gasteiger partial charge in [0.15, 0.2) is 0 Å². The van der Waals surface area contributed by atoms with Crippen LogP contribution < -0.4 is 5.32 Å². The second-order valence-corrected chi connectivity index (χ2v) is 8.11. The van der Waals surface area contributed by atoms with Crippen molar-refractivity contribution in [3.63, 3.8) is 0 Å². The van der Waals surface area contributed by atoms with Gasteiger partial charge in [-0.15, -0.1) is 0 Å². The summed E-state index contributed by atoms with van der Waals surface area (Å²) in [7, 11) is 1.78. The second-order valence-electron chi connectivity index (χ2n) is 8.11. The standard InChI is InChI=1S/C18H30N4O3/c1-20-13-18(25-17(20)24)6-11-21(12-7-18)16(23)15-3-2-10-22(15)14-4-8-19-9-5-14/h14-15,19H,2-13H2,1H3/t15-/m0/s1. The molecule has 0 aliphatic carbocycles. The maximum Gasteiger partial charge on any atom is 0.410 e.